The van der Waals surface area contributed by atoms with Crippen molar-refractivity contribution in [3.8, 4) is 0 Å². The second-order valence-electron chi connectivity index (χ2n) is 4.63. The Morgan fingerprint density at radius 2 is 2.10 bits per heavy atom. The summed E-state index contributed by atoms with van der Waals surface area (Å²) in [6, 6.07) is 4.69. The molecule has 0 aromatic heterocycles. The molecule has 1 aliphatic rings. The Morgan fingerprint density at radius 3 is 2.76 bits per heavy atom. The SMILES string of the molecule is Cl.O=[N+]([O-])c1cccc(Cl)c1NCCCN1CCOCC1. The fraction of sp³-hybridized carbons (Fsp3) is 0.538. The standard InChI is InChI=1S/C13H18ClN3O3.ClH/c14-11-3-1-4-12(17(18)19)13(11)15-5-2-6-16-7-9-20-10-8-16;/h1,3-4,15H,2,5-10H2;1H. The first-order valence-corrected chi connectivity index (χ1v) is 7.03. The maximum absolute atomic E-state index is 10.9. The lowest BCUT2D eigenvalue weighted by molar-refractivity contribution is -0.383. The van der Waals surface area contributed by atoms with Crippen molar-refractivity contribution in [1.82, 2.24) is 4.90 Å². The van der Waals surface area contributed by atoms with Gasteiger partial charge < -0.3 is 10.1 Å². The van der Waals surface area contributed by atoms with Crippen LogP contribution >= 0.6 is 24.0 Å². The van der Waals surface area contributed by atoms with Gasteiger partial charge in [-0.1, -0.05) is 17.7 Å². The molecule has 0 radical (unpaired) electrons. The second kappa shape index (κ2) is 9.04. The number of nitro benzene ring substituents is 1. The molecule has 118 valence electrons. The highest BCUT2D eigenvalue weighted by molar-refractivity contribution is 6.33. The number of nitrogens with one attached hydrogen (secondary N) is 1. The van der Waals surface area contributed by atoms with Crippen LogP contribution in [0.25, 0.3) is 0 Å². The molecule has 1 aromatic carbocycles. The van der Waals surface area contributed by atoms with Crippen molar-refractivity contribution in [2.24, 2.45) is 0 Å². The van der Waals surface area contributed by atoms with Crippen LogP contribution in [-0.4, -0.2) is 49.2 Å². The van der Waals surface area contributed by atoms with Crippen LogP contribution < -0.4 is 5.32 Å². The van der Waals surface area contributed by atoms with Crippen LogP contribution in [0.2, 0.25) is 5.02 Å². The first-order valence-electron chi connectivity index (χ1n) is 6.65. The lowest BCUT2D eigenvalue weighted by Crippen LogP contribution is -2.37. The van der Waals surface area contributed by atoms with Gasteiger partial charge in [-0.25, -0.2) is 0 Å². The number of ether oxygens (including phenoxy) is 1. The molecule has 2 rings (SSSR count). The number of anilines is 1. The Morgan fingerprint density at radius 1 is 1.38 bits per heavy atom. The van der Waals surface area contributed by atoms with Gasteiger partial charge in [-0.3, -0.25) is 15.0 Å². The van der Waals surface area contributed by atoms with Crippen LogP contribution in [0.3, 0.4) is 0 Å². The molecule has 0 unspecified atom stereocenters. The van der Waals surface area contributed by atoms with Gasteiger partial charge in [0.15, 0.2) is 0 Å². The van der Waals surface area contributed by atoms with Crippen molar-refractivity contribution < 1.29 is 9.66 Å². The van der Waals surface area contributed by atoms with Gasteiger partial charge in [-0.2, -0.15) is 0 Å². The Kier molecular flexibility index (Phi) is 7.74. The molecule has 6 nitrogen and oxygen atoms in total. The molecule has 1 aromatic rings. The van der Waals surface area contributed by atoms with Gasteiger partial charge >= 0.3 is 0 Å². The fourth-order valence-corrected chi connectivity index (χ4v) is 2.42. The lowest BCUT2D eigenvalue weighted by atomic mass is 10.2. The molecule has 1 aliphatic heterocycles. The summed E-state index contributed by atoms with van der Waals surface area (Å²) in [4.78, 5) is 12.8. The van der Waals surface area contributed by atoms with E-state index in [0.717, 1.165) is 39.3 Å². The van der Waals surface area contributed by atoms with Gasteiger partial charge in [0, 0.05) is 25.7 Å². The molecule has 1 N–H and O–H groups in total. The van der Waals surface area contributed by atoms with Crippen molar-refractivity contribution in [2.75, 3.05) is 44.7 Å². The summed E-state index contributed by atoms with van der Waals surface area (Å²) < 4.78 is 5.28. The quantitative estimate of drug-likeness (QED) is 0.491. The number of nitro groups is 1. The predicted molar refractivity (Wildman–Crippen MR) is 85.7 cm³/mol. The van der Waals surface area contributed by atoms with E-state index in [0.29, 0.717) is 17.3 Å². The minimum Gasteiger partial charge on any atom is -0.379 e. The summed E-state index contributed by atoms with van der Waals surface area (Å²) in [7, 11) is 0. The van der Waals surface area contributed by atoms with E-state index in [9.17, 15) is 10.1 Å². The highest BCUT2D eigenvalue weighted by Crippen LogP contribution is 2.31. The zero-order valence-electron chi connectivity index (χ0n) is 11.6. The largest absolute Gasteiger partial charge is 0.379 e. The minimum absolute atomic E-state index is 0. The molecule has 21 heavy (non-hydrogen) atoms. The van der Waals surface area contributed by atoms with Gasteiger partial charge in [0.1, 0.15) is 5.69 Å². The summed E-state index contributed by atoms with van der Waals surface area (Å²) in [5, 5.41) is 14.4. The van der Waals surface area contributed by atoms with E-state index in [-0.39, 0.29) is 18.1 Å². The average molecular weight is 336 g/mol. The number of benzene rings is 1. The number of hydrogen-bond acceptors (Lipinski definition) is 5. The number of hydrogen-bond donors (Lipinski definition) is 1. The molecule has 8 heteroatoms. The molecule has 0 amide bonds. The van der Waals surface area contributed by atoms with Gasteiger partial charge in [-0.05, 0) is 19.0 Å². The molecule has 0 spiro atoms. The maximum atomic E-state index is 10.9. The number of rotatable bonds is 6. The van der Waals surface area contributed by atoms with Crippen LogP contribution in [0.4, 0.5) is 11.4 Å². The van der Waals surface area contributed by atoms with Crippen LogP contribution in [-0.2, 0) is 4.74 Å². The van der Waals surface area contributed by atoms with Crippen LogP contribution in [0.1, 0.15) is 6.42 Å². The number of nitrogens with zero attached hydrogens (tertiary/aromatic N) is 2. The average Bonchev–Trinajstić information content (AvgIpc) is 2.45. The monoisotopic (exact) mass is 335 g/mol. The van der Waals surface area contributed by atoms with E-state index >= 15 is 0 Å². The topological polar surface area (TPSA) is 67.6 Å². The molecular weight excluding hydrogens is 317 g/mol. The van der Waals surface area contributed by atoms with Crippen LogP contribution in [0.5, 0.6) is 0 Å². The zero-order valence-corrected chi connectivity index (χ0v) is 13.2. The molecule has 0 saturated carbocycles. The first-order chi connectivity index (χ1) is 9.68. The van der Waals surface area contributed by atoms with Crippen molar-refractivity contribution in [1.29, 1.82) is 0 Å². The summed E-state index contributed by atoms with van der Waals surface area (Å²) >= 11 is 6.01. The van der Waals surface area contributed by atoms with Crippen LogP contribution in [0, 0.1) is 10.1 Å². The number of halogens is 2. The Labute approximate surface area is 135 Å². The van der Waals surface area contributed by atoms with Gasteiger partial charge in [0.25, 0.3) is 5.69 Å². The summed E-state index contributed by atoms with van der Waals surface area (Å²) in [6.45, 7) is 5.07. The summed E-state index contributed by atoms with van der Waals surface area (Å²) in [5.74, 6) is 0. The normalized spacial score (nSPS) is 15.3. The lowest BCUT2D eigenvalue weighted by Gasteiger charge is -2.26. The van der Waals surface area contributed by atoms with E-state index in [2.05, 4.69) is 10.2 Å². The van der Waals surface area contributed by atoms with E-state index in [1.807, 2.05) is 0 Å². The Hall–Kier alpha value is -1.08. The fourth-order valence-electron chi connectivity index (χ4n) is 2.18. The van der Waals surface area contributed by atoms with Gasteiger partial charge in [-0.15, -0.1) is 12.4 Å². The van der Waals surface area contributed by atoms with Gasteiger partial charge in [0.2, 0.25) is 0 Å². The molecule has 1 fully saturated rings. The smallest absolute Gasteiger partial charge is 0.293 e. The van der Waals surface area contributed by atoms with Crippen molar-refractivity contribution in [3.63, 3.8) is 0 Å². The van der Waals surface area contributed by atoms with Crippen molar-refractivity contribution >= 4 is 35.4 Å². The molecule has 0 atom stereocenters. The van der Waals surface area contributed by atoms with Crippen LogP contribution in [0.15, 0.2) is 18.2 Å². The highest BCUT2D eigenvalue weighted by Gasteiger charge is 2.16. The number of para-hydroxylation sites is 1. The van der Waals surface area contributed by atoms with E-state index < -0.39 is 4.92 Å². The Balaban J connectivity index is 0.00000220. The molecule has 0 bridgehead atoms. The molecule has 1 heterocycles. The van der Waals surface area contributed by atoms with E-state index in [1.54, 1.807) is 12.1 Å². The maximum Gasteiger partial charge on any atom is 0.293 e. The second-order valence-corrected chi connectivity index (χ2v) is 5.03. The molecule has 0 aliphatic carbocycles. The predicted octanol–water partition coefficient (Wildman–Crippen LogP) is 2.80. The molecule has 1 saturated heterocycles. The summed E-state index contributed by atoms with van der Waals surface area (Å²) in [6.07, 6.45) is 0.905. The first kappa shape index (κ1) is 18.0. The van der Waals surface area contributed by atoms with E-state index in [4.69, 9.17) is 16.3 Å². The Bertz CT molecular complexity index is 468. The van der Waals surface area contributed by atoms with Crippen molar-refractivity contribution in [3.05, 3.63) is 33.3 Å². The molecular formula is C13H19Cl2N3O3. The third-order valence-corrected chi connectivity index (χ3v) is 3.56. The van der Waals surface area contributed by atoms with Gasteiger partial charge in [0.05, 0.1) is 23.2 Å². The minimum atomic E-state index is -0.420. The third-order valence-electron chi connectivity index (χ3n) is 3.24. The highest BCUT2D eigenvalue weighted by atomic mass is 35.5. The van der Waals surface area contributed by atoms with E-state index in [1.165, 1.54) is 6.07 Å². The zero-order chi connectivity index (χ0) is 14.4. The van der Waals surface area contributed by atoms with Crippen molar-refractivity contribution in [2.45, 2.75) is 6.42 Å². The third kappa shape index (κ3) is 5.32. The summed E-state index contributed by atoms with van der Waals surface area (Å²) in [5.41, 5.74) is 0.421. The number of morpholine rings is 1.